The lowest BCUT2D eigenvalue weighted by Crippen LogP contribution is -2.42. The van der Waals surface area contributed by atoms with Crippen LogP contribution < -0.4 is 4.80 Å². The summed E-state index contributed by atoms with van der Waals surface area (Å²) in [7, 11) is -2.36. The average molecular weight is 536 g/mol. The summed E-state index contributed by atoms with van der Waals surface area (Å²) in [5.74, 6) is -0.447. The summed E-state index contributed by atoms with van der Waals surface area (Å²) < 4.78 is 34.9. The Morgan fingerprint density at radius 3 is 2.40 bits per heavy atom. The quantitative estimate of drug-likeness (QED) is 0.461. The summed E-state index contributed by atoms with van der Waals surface area (Å²) in [4.78, 5) is 29.6. The van der Waals surface area contributed by atoms with E-state index < -0.39 is 21.9 Å². The summed E-state index contributed by atoms with van der Waals surface area (Å²) in [6.07, 6.45) is 1.00. The number of sulfonamides is 1. The molecule has 0 aliphatic carbocycles. The molecule has 2 heterocycles. The molecule has 1 aromatic heterocycles. The van der Waals surface area contributed by atoms with E-state index in [1.54, 1.807) is 22.8 Å². The molecule has 1 amide bonds. The number of methoxy groups -OCH3 is 1. The number of halogens is 1. The van der Waals surface area contributed by atoms with Crippen LogP contribution in [0.1, 0.15) is 30.6 Å². The molecule has 0 N–H and O–H groups in total. The van der Waals surface area contributed by atoms with Gasteiger partial charge < -0.3 is 9.30 Å². The van der Waals surface area contributed by atoms with Crippen LogP contribution in [0, 0.1) is 11.8 Å². The number of piperidine rings is 1. The number of hydrogen-bond acceptors (Lipinski definition) is 6. The molecular weight excluding hydrogens is 510 g/mol. The van der Waals surface area contributed by atoms with Crippen molar-refractivity contribution in [3.8, 4) is 0 Å². The van der Waals surface area contributed by atoms with E-state index >= 15 is 0 Å². The van der Waals surface area contributed by atoms with Crippen LogP contribution in [-0.4, -0.2) is 49.4 Å². The second kappa shape index (κ2) is 10.2. The van der Waals surface area contributed by atoms with Gasteiger partial charge in [-0.15, -0.1) is 0 Å². The number of rotatable bonds is 5. The smallest absolute Gasteiger partial charge is 0.325 e. The maximum atomic E-state index is 13.1. The van der Waals surface area contributed by atoms with Crippen molar-refractivity contribution in [2.75, 3.05) is 20.2 Å². The number of hydrogen-bond donors (Lipinski definition) is 0. The zero-order chi connectivity index (χ0) is 25.3. The fraction of sp³-hybridized carbons (Fsp3) is 0.375. The molecule has 4 rings (SSSR count). The molecule has 1 fully saturated rings. The minimum Gasteiger partial charge on any atom is -0.468 e. The summed E-state index contributed by atoms with van der Waals surface area (Å²) in [5.41, 5.74) is 0.937. The zero-order valence-corrected chi connectivity index (χ0v) is 22.0. The monoisotopic (exact) mass is 535 g/mol. The Labute approximate surface area is 212 Å². The van der Waals surface area contributed by atoms with Gasteiger partial charge in [0.25, 0.3) is 5.91 Å². The maximum Gasteiger partial charge on any atom is 0.325 e. The molecule has 0 bridgehead atoms. The van der Waals surface area contributed by atoms with Gasteiger partial charge in [-0.3, -0.25) is 9.59 Å². The second-order valence-corrected chi connectivity index (χ2v) is 12.3. The van der Waals surface area contributed by atoms with Gasteiger partial charge in [-0.25, -0.2) is 8.42 Å². The standard InChI is InChI=1S/C24H26ClN3O5S2/c1-15-10-16(2)13-27(12-15)35(31,32)19-7-4-17(5-8-19)23(30)26-24-28(14-22(29)33-3)20-9-6-18(25)11-21(20)34-24/h4-9,11,15-16H,10,12-14H2,1-3H3. The van der Waals surface area contributed by atoms with Gasteiger partial charge in [-0.2, -0.15) is 9.30 Å². The molecule has 11 heteroatoms. The second-order valence-electron chi connectivity index (χ2n) is 8.87. The van der Waals surface area contributed by atoms with Crippen LogP contribution in [0.4, 0.5) is 0 Å². The van der Waals surface area contributed by atoms with E-state index in [0.717, 1.165) is 11.1 Å². The van der Waals surface area contributed by atoms with E-state index in [-0.39, 0.29) is 17.0 Å². The van der Waals surface area contributed by atoms with Crippen LogP contribution in [0.15, 0.2) is 52.4 Å². The zero-order valence-electron chi connectivity index (χ0n) is 19.6. The minimum atomic E-state index is -3.65. The highest BCUT2D eigenvalue weighted by atomic mass is 35.5. The Kier molecular flexibility index (Phi) is 7.46. The number of benzene rings is 2. The van der Waals surface area contributed by atoms with Crippen molar-refractivity contribution >= 4 is 55.1 Å². The number of fused-ring (bicyclic) bond motifs is 1. The minimum absolute atomic E-state index is 0.117. The van der Waals surface area contributed by atoms with E-state index in [9.17, 15) is 18.0 Å². The van der Waals surface area contributed by atoms with Gasteiger partial charge in [-0.1, -0.05) is 36.8 Å². The van der Waals surface area contributed by atoms with E-state index in [1.165, 1.54) is 47.0 Å². The number of thiazole rings is 1. The molecule has 186 valence electrons. The van der Waals surface area contributed by atoms with Crippen molar-refractivity contribution < 1.29 is 22.7 Å². The molecule has 1 aliphatic rings. The van der Waals surface area contributed by atoms with Crippen LogP contribution in [-0.2, 0) is 26.1 Å². The number of amides is 1. The molecule has 0 saturated carbocycles. The highest BCUT2D eigenvalue weighted by Gasteiger charge is 2.31. The molecule has 1 saturated heterocycles. The molecule has 2 atom stereocenters. The largest absolute Gasteiger partial charge is 0.468 e. The Bertz CT molecular complexity index is 1430. The van der Waals surface area contributed by atoms with Crippen molar-refractivity contribution in [2.24, 2.45) is 16.8 Å². The Morgan fingerprint density at radius 1 is 1.11 bits per heavy atom. The van der Waals surface area contributed by atoms with Gasteiger partial charge >= 0.3 is 5.97 Å². The lowest BCUT2D eigenvalue weighted by Gasteiger charge is -2.34. The number of carbonyl (C=O) groups excluding carboxylic acids is 2. The number of esters is 1. The van der Waals surface area contributed by atoms with Crippen molar-refractivity contribution in [3.05, 3.63) is 57.9 Å². The van der Waals surface area contributed by atoms with Crippen molar-refractivity contribution in [1.29, 1.82) is 0 Å². The van der Waals surface area contributed by atoms with Crippen LogP contribution in [0.3, 0.4) is 0 Å². The summed E-state index contributed by atoms with van der Waals surface area (Å²) in [6, 6.07) is 11.0. The third-order valence-corrected chi connectivity index (χ3v) is 9.05. The molecule has 8 nitrogen and oxygen atoms in total. The predicted molar refractivity (Wildman–Crippen MR) is 135 cm³/mol. The van der Waals surface area contributed by atoms with Crippen molar-refractivity contribution in [1.82, 2.24) is 8.87 Å². The summed E-state index contributed by atoms with van der Waals surface area (Å²) in [6.45, 7) is 4.96. The molecule has 0 spiro atoms. The van der Waals surface area contributed by atoms with Crippen molar-refractivity contribution in [3.63, 3.8) is 0 Å². The third kappa shape index (κ3) is 5.50. The van der Waals surface area contributed by atoms with Gasteiger partial charge in [-0.05, 0) is 60.7 Å². The number of ether oxygens (including phenoxy) is 1. The van der Waals surface area contributed by atoms with E-state index in [2.05, 4.69) is 18.8 Å². The van der Waals surface area contributed by atoms with Crippen LogP contribution >= 0.6 is 22.9 Å². The first-order valence-corrected chi connectivity index (χ1v) is 13.8. The normalized spacial score (nSPS) is 19.7. The summed E-state index contributed by atoms with van der Waals surface area (Å²) >= 11 is 7.31. The van der Waals surface area contributed by atoms with E-state index in [4.69, 9.17) is 16.3 Å². The number of carbonyl (C=O) groups is 2. The maximum absolute atomic E-state index is 13.1. The van der Waals surface area contributed by atoms with Crippen LogP contribution in [0.25, 0.3) is 10.2 Å². The molecule has 3 aromatic rings. The fourth-order valence-corrected chi connectivity index (χ4v) is 7.33. The highest BCUT2D eigenvalue weighted by molar-refractivity contribution is 7.89. The van der Waals surface area contributed by atoms with Crippen LogP contribution in [0.5, 0.6) is 0 Å². The van der Waals surface area contributed by atoms with Gasteiger partial charge in [0, 0.05) is 23.7 Å². The Hall–Kier alpha value is -2.53. The Balaban J connectivity index is 1.65. The first-order chi connectivity index (χ1) is 16.6. The third-order valence-electron chi connectivity index (χ3n) is 5.93. The average Bonchev–Trinajstić information content (AvgIpc) is 3.13. The van der Waals surface area contributed by atoms with E-state index in [0.29, 0.717) is 40.3 Å². The topological polar surface area (TPSA) is 98.0 Å². The number of aromatic nitrogens is 1. The lowest BCUT2D eigenvalue weighted by molar-refractivity contribution is -0.141. The molecular formula is C24H26ClN3O5S2. The summed E-state index contributed by atoms with van der Waals surface area (Å²) in [5, 5.41) is 0.524. The predicted octanol–water partition coefficient (Wildman–Crippen LogP) is 3.94. The van der Waals surface area contributed by atoms with Crippen LogP contribution in [0.2, 0.25) is 5.02 Å². The Morgan fingerprint density at radius 2 is 1.77 bits per heavy atom. The van der Waals surface area contributed by atoms with Gasteiger partial charge in [0.15, 0.2) is 4.80 Å². The van der Waals surface area contributed by atoms with Gasteiger partial charge in [0.2, 0.25) is 10.0 Å². The molecule has 1 aliphatic heterocycles. The lowest BCUT2D eigenvalue weighted by atomic mass is 9.94. The number of nitrogens with zero attached hydrogens (tertiary/aromatic N) is 3. The van der Waals surface area contributed by atoms with Crippen molar-refractivity contribution in [2.45, 2.75) is 31.7 Å². The SMILES string of the molecule is COC(=O)Cn1c(=NC(=O)c2ccc(S(=O)(=O)N3CC(C)CC(C)C3)cc2)sc2cc(Cl)ccc21. The molecule has 2 aromatic carbocycles. The first-order valence-electron chi connectivity index (χ1n) is 11.1. The van der Waals surface area contributed by atoms with E-state index in [1.807, 2.05) is 0 Å². The van der Waals surface area contributed by atoms with Gasteiger partial charge in [0.1, 0.15) is 6.54 Å². The fourth-order valence-electron chi connectivity index (χ4n) is 4.35. The molecule has 0 radical (unpaired) electrons. The molecule has 35 heavy (non-hydrogen) atoms. The first kappa shape index (κ1) is 25.6. The molecule has 2 unspecified atom stereocenters. The van der Waals surface area contributed by atoms with Gasteiger partial charge in [0.05, 0.1) is 22.2 Å². The highest BCUT2D eigenvalue weighted by Crippen LogP contribution is 2.27.